The Bertz CT molecular complexity index is 610. The molecule has 0 bridgehead atoms. The van der Waals surface area contributed by atoms with Gasteiger partial charge in [0.2, 0.25) is 5.76 Å². The highest BCUT2D eigenvalue weighted by Gasteiger charge is 2.30. The van der Waals surface area contributed by atoms with Gasteiger partial charge in [-0.2, -0.15) is 0 Å². The number of ether oxygens (including phenoxy) is 1. The molecular formula is C13H15ClO3Si. The zero-order valence-corrected chi connectivity index (χ0v) is 12.6. The Balaban J connectivity index is 2.82. The number of esters is 1. The highest BCUT2D eigenvalue weighted by molar-refractivity contribution is 6.91. The van der Waals surface area contributed by atoms with Crippen LogP contribution in [-0.2, 0) is 4.74 Å². The Labute approximate surface area is 112 Å². The molecule has 96 valence electrons. The second-order valence-corrected chi connectivity index (χ2v) is 10.6. The molecule has 0 aliphatic carbocycles. The monoisotopic (exact) mass is 282 g/mol. The average Bonchev–Trinajstić information content (AvgIpc) is 2.65. The van der Waals surface area contributed by atoms with Gasteiger partial charge in [-0.25, -0.2) is 4.79 Å². The number of hydrogen-bond acceptors (Lipinski definition) is 3. The van der Waals surface area contributed by atoms with Crippen LogP contribution in [0.4, 0.5) is 0 Å². The van der Waals surface area contributed by atoms with Gasteiger partial charge in [-0.15, -0.1) is 0 Å². The van der Waals surface area contributed by atoms with Crippen molar-refractivity contribution in [2.75, 3.05) is 7.11 Å². The lowest BCUT2D eigenvalue weighted by molar-refractivity contribution is 0.0569. The number of benzene rings is 1. The Hall–Kier alpha value is -1.26. The molecule has 0 saturated carbocycles. The SMILES string of the molecule is COC(=O)c1oc2ccc(Cl)cc2c1[Si](C)(C)C. The molecular weight excluding hydrogens is 268 g/mol. The molecule has 0 amide bonds. The minimum absolute atomic E-state index is 0.314. The largest absolute Gasteiger partial charge is 0.463 e. The highest BCUT2D eigenvalue weighted by atomic mass is 35.5. The van der Waals surface area contributed by atoms with Crippen molar-refractivity contribution in [2.45, 2.75) is 19.6 Å². The highest BCUT2D eigenvalue weighted by Crippen LogP contribution is 2.25. The van der Waals surface area contributed by atoms with E-state index in [9.17, 15) is 4.79 Å². The molecule has 2 rings (SSSR count). The van der Waals surface area contributed by atoms with Gasteiger partial charge in [-0.1, -0.05) is 31.2 Å². The number of fused-ring (bicyclic) bond motifs is 1. The molecule has 0 radical (unpaired) electrons. The first-order chi connectivity index (χ1) is 8.34. The Kier molecular flexibility index (Phi) is 3.25. The number of halogens is 1. The maximum atomic E-state index is 11.8. The van der Waals surface area contributed by atoms with Gasteiger partial charge in [-0.3, -0.25) is 0 Å². The molecule has 18 heavy (non-hydrogen) atoms. The molecule has 0 atom stereocenters. The lowest BCUT2D eigenvalue weighted by atomic mass is 10.2. The summed E-state index contributed by atoms with van der Waals surface area (Å²) >= 11 is 6.02. The van der Waals surface area contributed by atoms with Crippen molar-refractivity contribution in [2.24, 2.45) is 0 Å². The molecule has 1 aromatic carbocycles. The van der Waals surface area contributed by atoms with Crippen molar-refractivity contribution >= 4 is 41.8 Å². The van der Waals surface area contributed by atoms with Crippen LogP contribution in [0.15, 0.2) is 22.6 Å². The third-order valence-electron chi connectivity index (χ3n) is 2.77. The van der Waals surface area contributed by atoms with Gasteiger partial charge in [0.05, 0.1) is 15.2 Å². The van der Waals surface area contributed by atoms with E-state index in [0.717, 1.165) is 10.6 Å². The Morgan fingerprint density at radius 1 is 1.33 bits per heavy atom. The smallest absolute Gasteiger partial charge is 0.373 e. The normalized spacial score (nSPS) is 11.8. The Morgan fingerprint density at radius 3 is 2.56 bits per heavy atom. The first-order valence-electron chi connectivity index (χ1n) is 5.65. The van der Waals surface area contributed by atoms with E-state index in [2.05, 4.69) is 19.6 Å². The van der Waals surface area contributed by atoms with Crippen LogP contribution in [0, 0.1) is 0 Å². The van der Waals surface area contributed by atoms with Crippen LogP contribution in [0.3, 0.4) is 0 Å². The van der Waals surface area contributed by atoms with Crippen LogP contribution in [0.2, 0.25) is 24.7 Å². The van der Waals surface area contributed by atoms with Crippen molar-refractivity contribution in [3.63, 3.8) is 0 Å². The lowest BCUT2D eigenvalue weighted by Gasteiger charge is -2.15. The van der Waals surface area contributed by atoms with Crippen molar-refractivity contribution < 1.29 is 13.9 Å². The van der Waals surface area contributed by atoms with Gasteiger partial charge < -0.3 is 9.15 Å². The fraction of sp³-hybridized carbons (Fsp3) is 0.308. The van der Waals surface area contributed by atoms with Gasteiger partial charge in [0.25, 0.3) is 0 Å². The summed E-state index contributed by atoms with van der Waals surface area (Å²) < 4.78 is 10.4. The van der Waals surface area contributed by atoms with Crippen molar-refractivity contribution in [3.05, 3.63) is 29.0 Å². The third kappa shape index (κ3) is 2.18. The van der Waals surface area contributed by atoms with E-state index in [0.29, 0.717) is 16.4 Å². The fourth-order valence-electron chi connectivity index (χ4n) is 2.05. The number of rotatable bonds is 2. The van der Waals surface area contributed by atoms with E-state index < -0.39 is 14.0 Å². The lowest BCUT2D eigenvalue weighted by Crippen LogP contribution is -2.40. The summed E-state index contributed by atoms with van der Waals surface area (Å²) in [4.78, 5) is 11.8. The van der Waals surface area contributed by atoms with Crippen LogP contribution < -0.4 is 5.19 Å². The van der Waals surface area contributed by atoms with Gasteiger partial charge in [0.15, 0.2) is 0 Å². The summed E-state index contributed by atoms with van der Waals surface area (Å²) in [6.45, 7) is 6.47. The molecule has 0 spiro atoms. The van der Waals surface area contributed by atoms with E-state index in [-0.39, 0.29) is 0 Å². The number of carbonyl (C=O) groups is 1. The number of hydrogen-bond donors (Lipinski definition) is 0. The number of methoxy groups -OCH3 is 1. The molecule has 2 aromatic rings. The number of carbonyl (C=O) groups excluding carboxylic acids is 1. The summed E-state index contributed by atoms with van der Waals surface area (Å²) in [5.41, 5.74) is 0.678. The zero-order chi connectivity index (χ0) is 13.5. The predicted octanol–water partition coefficient (Wildman–Crippen LogP) is 3.42. The standard InChI is InChI=1S/C13H15ClO3Si/c1-16-13(15)11-12(18(2,3)4)9-7-8(14)5-6-10(9)17-11/h5-7H,1-4H3. The molecule has 1 aromatic heterocycles. The first-order valence-corrected chi connectivity index (χ1v) is 9.53. The summed E-state index contributed by atoms with van der Waals surface area (Å²) in [6, 6.07) is 5.39. The topological polar surface area (TPSA) is 39.4 Å². The van der Waals surface area contributed by atoms with Crippen molar-refractivity contribution in [3.8, 4) is 0 Å². The van der Waals surface area contributed by atoms with E-state index in [4.69, 9.17) is 20.8 Å². The van der Waals surface area contributed by atoms with E-state index in [1.807, 2.05) is 6.07 Å². The molecule has 1 heterocycles. The zero-order valence-electron chi connectivity index (χ0n) is 10.8. The van der Waals surface area contributed by atoms with E-state index in [1.165, 1.54) is 7.11 Å². The van der Waals surface area contributed by atoms with Crippen LogP contribution in [0.5, 0.6) is 0 Å². The van der Waals surface area contributed by atoms with Gasteiger partial charge in [-0.05, 0) is 23.4 Å². The van der Waals surface area contributed by atoms with E-state index >= 15 is 0 Å². The third-order valence-corrected chi connectivity index (χ3v) is 5.00. The molecule has 0 saturated heterocycles. The summed E-state index contributed by atoms with van der Waals surface area (Å²) in [5, 5.41) is 2.52. The molecule has 3 nitrogen and oxygen atoms in total. The van der Waals surface area contributed by atoms with Crippen molar-refractivity contribution in [1.29, 1.82) is 0 Å². The second-order valence-electron chi connectivity index (χ2n) is 5.19. The van der Waals surface area contributed by atoms with Crippen LogP contribution in [-0.4, -0.2) is 21.2 Å². The van der Waals surface area contributed by atoms with Gasteiger partial charge >= 0.3 is 5.97 Å². The first kappa shape index (κ1) is 13.2. The minimum atomic E-state index is -1.75. The molecule has 0 N–H and O–H groups in total. The summed E-state index contributed by atoms with van der Waals surface area (Å²) in [7, 11) is -0.388. The fourth-order valence-corrected chi connectivity index (χ4v) is 4.06. The van der Waals surface area contributed by atoms with Crippen LogP contribution in [0.25, 0.3) is 11.0 Å². The quantitative estimate of drug-likeness (QED) is 0.626. The molecule has 0 aliphatic heterocycles. The second kappa shape index (κ2) is 4.44. The van der Waals surface area contributed by atoms with Gasteiger partial charge in [0.1, 0.15) is 5.58 Å². The minimum Gasteiger partial charge on any atom is -0.463 e. The molecule has 0 aliphatic rings. The molecule has 5 heteroatoms. The van der Waals surface area contributed by atoms with Crippen molar-refractivity contribution in [1.82, 2.24) is 0 Å². The summed E-state index contributed by atoms with van der Waals surface area (Å²) in [5.74, 6) is -0.117. The van der Waals surface area contributed by atoms with Crippen LogP contribution in [0.1, 0.15) is 10.6 Å². The van der Waals surface area contributed by atoms with E-state index in [1.54, 1.807) is 12.1 Å². The van der Waals surface area contributed by atoms with Crippen LogP contribution >= 0.6 is 11.6 Å². The predicted molar refractivity (Wildman–Crippen MR) is 75.5 cm³/mol. The number of furan rings is 1. The molecule has 0 fully saturated rings. The Morgan fingerprint density at radius 2 is 2.00 bits per heavy atom. The maximum absolute atomic E-state index is 11.8. The maximum Gasteiger partial charge on any atom is 0.373 e. The summed E-state index contributed by atoms with van der Waals surface area (Å²) in [6.07, 6.45) is 0. The molecule has 0 unspecified atom stereocenters. The van der Waals surface area contributed by atoms with Gasteiger partial charge in [0, 0.05) is 10.4 Å². The average molecular weight is 283 g/mol.